The third kappa shape index (κ3) is 2.23. The van der Waals surface area contributed by atoms with Crippen molar-refractivity contribution in [2.24, 2.45) is 15.4 Å². The monoisotopic (exact) mass is 546 g/mol. The fraction of sp³-hybridized carbons (Fsp3) is 0.391. The fourth-order valence-corrected chi connectivity index (χ4v) is 7.56. The largest absolute Gasteiger partial charge is 0.362 e. The average Bonchev–Trinajstić information content (AvgIpc) is 3.06. The standard InChI is InChI=1S/C23H21Br2ClN4/c1-29-8-7-22-11-13-3-4-14(24)9-17(13)27-20(22)30(2)12-19(26)23(22)16-6-5-15(25)10-18(16)28-21(23)29/h3-6,9-10,19H,7-8,11-12H2,1-2H3/t19-,22+,23-/m1/s1. The van der Waals surface area contributed by atoms with Gasteiger partial charge in [-0.1, -0.05) is 44.0 Å². The minimum atomic E-state index is -0.381. The van der Waals surface area contributed by atoms with E-state index in [0.717, 1.165) is 57.9 Å². The second-order valence-electron chi connectivity index (χ2n) is 8.89. The van der Waals surface area contributed by atoms with Crippen molar-refractivity contribution >= 4 is 66.5 Å². The van der Waals surface area contributed by atoms with Gasteiger partial charge in [-0.3, -0.25) is 0 Å². The number of benzene rings is 2. The summed E-state index contributed by atoms with van der Waals surface area (Å²) < 4.78 is 2.11. The summed E-state index contributed by atoms with van der Waals surface area (Å²) >= 11 is 14.6. The number of rotatable bonds is 0. The lowest BCUT2D eigenvalue weighted by molar-refractivity contribution is 0.127. The van der Waals surface area contributed by atoms with Crippen LogP contribution in [-0.4, -0.2) is 54.0 Å². The Bertz CT molecular complexity index is 1160. The lowest BCUT2D eigenvalue weighted by atomic mass is 9.49. The van der Waals surface area contributed by atoms with E-state index in [2.05, 4.69) is 92.2 Å². The quantitative estimate of drug-likeness (QED) is 0.398. The van der Waals surface area contributed by atoms with Crippen LogP contribution in [0.2, 0.25) is 0 Å². The molecule has 0 aliphatic carbocycles. The highest BCUT2D eigenvalue weighted by Crippen LogP contribution is 2.64. The predicted octanol–water partition coefficient (Wildman–Crippen LogP) is 5.65. The number of fused-ring (bicyclic) bond motifs is 2. The van der Waals surface area contributed by atoms with Gasteiger partial charge in [0.2, 0.25) is 0 Å². The molecule has 3 atom stereocenters. The van der Waals surface area contributed by atoms with Crippen molar-refractivity contribution in [3.05, 3.63) is 56.5 Å². The van der Waals surface area contributed by atoms with E-state index in [9.17, 15) is 0 Å². The van der Waals surface area contributed by atoms with E-state index in [1.54, 1.807) is 0 Å². The molecule has 7 heteroatoms. The number of nitrogens with zero attached hydrogens (tertiary/aromatic N) is 4. The molecule has 4 aliphatic rings. The molecule has 4 heterocycles. The van der Waals surface area contributed by atoms with Crippen LogP contribution < -0.4 is 0 Å². The zero-order valence-corrected chi connectivity index (χ0v) is 20.7. The first kappa shape index (κ1) is 19.3. The van der Waals surface area contributed by atoms with Gasteiger partial charge in [-0.25, -0.2) is 9.98 Å². The Labute approximate surface area is 198 Å². The second-order valence-corrected chi connectivity index (χ2v) is 11.3. The molecule has 2 aromatic carbocycles. The summed E-state index contributed by atoms with van der Waals surface area (Å²) in [4.78, 5) is 15.0. The number of hydrogen-bond acceptors (Lipinski definition) is 4. The molecule has 154 valence electrons. The molecular weight excluding hydrogens is 528 g/mol. The molecule has 2 fully saturated rings. The first-order valence-corrected chi connectivity index (χ1v) is 12.2. The molecule has 6 rings (SSSR count). The number of likely N-dealkylation sites (tertiary alicyclic amines) is 2. The van der Waals surface area contributed by atoms with Crippen LogP contribution in [0.5, 0.6) is 0 Å². The SMILES string of the molecule is CN1C[C@@H](Cl)[C@@]23C(=Nc4cc(Br)ccc42)N(C)CC[C@@]32Cc3ccc(Br)cc3N=C12. The van der Waals surface area contributed by atoms with Gasteiger partial charge in [-0.2, -0.15) is 0 Å². The highest BCUT2D eigenvalue weighted by molar-refractivity contribution is 9.10. The third-order valence-electron chi connectivity index (χ3n) is 7.41. The number of halogens is 3. The zero-order valence-electron chi connectivity index (χ0n) is 16.8. The van der Waals surface area contributed by atoms with E-state index in [1.165, 1.54) is 11.1 Å². The Kier molecular flexibility index (Phi) is 4.08. The summed E-state index contributed by atoms with van der Waals surface area (Å²) in [6, 6.07) is 13.0. The molecular formula is C23H21Br2ClN4. The van der Waals surface area contributed by atoms with Crippen LogP contribution >= 0.6 is 43.5 Å². The normalized spacial score (nSPS) is 31.2. The number of alkyl halides is 1. The minimum Gasteiger partial charge on any atom is -0.362 e. The summed E-state index contributed by atoms with van der Waals surface area (Å²) in [5.41, 5.74) is 4.03. The lowest BCUT2D eigenvalue weighted by Crippen LogP contribution is -2.74. The van der Waals surface area contributed by atoms with Gasteiger partial charge in [0.25, 0.3) is 0 Å². The van der Waals surface area contributed by atoms with Gasteiger partial charge in [0.05, 0.1) is 27.6 Å². The molecule has 0 amide bonds. The number of amidine groups is 2. The summed E-state index contributed by atoms with van der Waals surface area (Å²) in [6.07, 6.45) is 1.92. The maximum Gasteiger partial charge on any atom is 0.118 e. The van der Waals surface area contributed by atoms with Crippen molar-refractivity contribution in [2.45, 2.75) is 23.6 Å². The van der Waals surface area contributed by atoms with Crippen LogP contribution in [0.1, 0.15) is 17.5 Å². The van der Waals surface area contributed by atoms with E-state index in [1.807, 2.05) is 0 Å². The molecule has 2 spiro atoms. The zero-order chi connectivity index (χ0) is 20.8. The molecule has 30 heavy (non-hydrogen) atoms. The molecule has 0 unspecified atom stereocenters. The summed E-state index contributed by atoms with van der Waals surface area (Å²) in [5.74, 6) is 2.25. The average molecular weight is 549 g/mol. The number of likely N-dealkylation sites (N-methyl/N-ethyl adjacent to an activating group) is 1. The van der Waals surface area contributed by atoms with Crippen molar-refractivity contribution in [3.8, 4) is 0 Å². The molecule has 0 aromatic heterocycles. The van der Waals surface area contributed by atoms with Crippen molar-refractivity contribution < 1.29 is 0 Å². The van der Waals surface area contributed by atoms with Crippen LogP contribution in [0.25, 0.3) is 0 Å². The van der Waals surface area contributed by atoms with Gasteiger partial charge in [0, 0.05) is 36.1 Å². The minimum absolute atomic E-state index is 0.0950. The van der Waals surface area contributed by atoms with Gasteiger partial charge in [0.15, 0.2) is 0 Å². The third-order valence-corrected chi connectivity index (χ3v) is 8.87. The molecule has 0 N–H and O–H groups in total. The Balaban J connectivity index is 1.68. The fourth-order valence-electron chi connectivity index (χ4n) is 6.23. The Morgan fingerprint density at radius 1 is 0.967 bits per heavy atom. The molecule has 4 aliphatic heterocycles. The molecule has 4 nitrogen and oxygen atoms in total. The van der Waals surface area contributed by atoms with Gasteiger partial charge in [-0.15, -0.1) is 11.6 Å². The molecule has 2 saturated heterocycles. The maximum atomic E-state index is 7.35. The van der Waals surface area contributed by atoms with Crippen molar-refractivity contribution in [1.82, 2.24) is 9.80 Å². The van der Waals surface area contributed by atoms with E-state index in [0.29, 0.717) is 0 Å². The summed E-state index contributed by atoms with van der Waals surface area (Å²) in [7, 11) is 4.29. The maximum absolute atomic E-state index is 7.35. The number of aliphatic imine (C=N–C) groups is 2. The van der Waals surface area contributed by atoms with Gasteiger partial charge in [-0.05, 0) is 48.2 Å². The topological polar surface area (TPSA) is 31.2 Å². The van der Waals surface area contributed by atoms with Crippen LogP contribution in [0.4, 0.5) is 11.4 Å². The smallest absolute Gasteiger partial charge is 0.118 e. The lowest BCUT2D eigenvalue weighted by Gasteiger charge is -2.62. The van der Waals surface area contributed by atoms with Crippen LogP contribution in [0.15, 0.2) is 55.3 Å². The Hall–Kier alpha value is -1.37. The van der Waals surface area contributed by atoms with E-state index < -0.39 is 0 Å². The van der Waals surface area contributed by atoms with Crippen LogP contribution in [0.3, 0.4) is 0 Å². The van der Waals surface area contributed by atoms with Gasteiger partial charge >= 0.3 is 0 Å². The first-order valence-electron chi connectivity index (χ1n) is 10.2. The van der Waals surface area contributed by atoms with E-state index in [-0.39, 0.29) is 16.2 Å². The van der Waals surface area contributed by atoms with Crippen LogP contribution in [-0.2, 0) is 11.8 Å². The number of hydrogen-bond donors (Lipinski definition) is 0. The molecule has 0 radical (unpaired) electrons. The van der Waals surface area contributed by atoms with Crippen molar-refractivity contribution in [2.75, 3.05) is 27.2 Å². The Morgan fingerprint density at radius 3 is 2.47 bits per heavy atom. The number of piperidine rings is 2. The first-order chi connectivity index (χ1) is 14.4. The molecule has 2 aromatic rings. The highest BCUT2D eigenvalue weighted by Gasteiger charge is 2.70. The highest BCUT2D eigenvalue weighted by atomic mass is 79.9. The van der Waals surface area contributed by atoms with Gasteiger partial charge in [0.1, 0.15) is 11.7 Å². The van der Waals surface area contributed by atoms with Crippen molar-refractivity contribution in [3.63, 3.8) is 0 Å². The molecule has 0 bridgehead atoms. The summed E-state index contributed by atoms with van der Waals surface area (Å²) in [5, 5.41) is -0.0950. The summed E-state index contributed by atoms with van der Waals surface area (Å²) in [6.45, 7) is 1.69. The predicted molar refractivity (Wildman–Crippen MR) is 130 cm³/mol. The van der Waals surface area contributed by atoms with Crippen LogP contribution in [0, 0.1) is 5.41 Å². The molecule has 0 saturated carbocycles. The van der Waals surface area contributed by atoms with E-state index in [4.69, 9.17) is 21.6 Å². The Morgan fingerprint density at radius 2 is 1.67 bits per heavy atom. The van der Waals surface area contributed by atoms with Crippen molar-refractivity contribution in [1.29, 1.82) is 0 Å². The second kappa shape index (κ2) is 6.33. The van der Waals surface area contributed by atoms with Gasteiger partial charge < -0.3 is 9.80 Å². The van der Waals surface area contributed by atoms with E-state index >= 15 is 0 Å².